The Hall–Kier alpha value is -3.38. The molecule has 3 aromatic carbocycles. The van der Waals surface area contributed by atoms with Crippen molar-refractivity contribution in [3.8, 4) is 23.0 Å². The van der Waals surface area contributed by atoms with Crippen LogP contribution in [0, 0.1) is 0 Å². The first-order chi connectivity index (χ1) is 14.5. The third kappa shape index (κ3) is 4.96. The fraction of sp³-hybridized carbons (Fsp3) is 0.174. The smallest absolute Gasteiger partial charge is 0.255 e. The van der Waals surface area contributed by atoms with E-state index in [4.69, 9.17) is 30.5 Å². The van der Waals surface area contributed by atoms with Crippen molar-refractivity contribution in [1.82, 2.24) is 0 Å². The molecule has 6 nitrogen and oxygen atoms in total. The second kappa shape index (κ2) is 9.89. The largest absolute Gasteiger partial charge is 0.496 e. The van der Waals surface area contributed by atoms with Gasteiger partial charge in [0.1, 0.15) is 18.1 Å². The average Bonchev–Trinajstić information content (AvgIpc) is 2.77. The predicted molar refractivity (Wildman–Crippen MR) is 116 cm³/mol. The molecule has 0 heterocycles. The van der Waals surface area contributed by atoms with Crippen LogP contribution in [0.2, 0.25) is 5.02 Å². The van der Waals surface area contributed by atoms with E-state index in [2.05, 4.69) is 5.32 Å². The van der Waals surface area contributed by atoms with Crippen LogP contribution in [0.1, 0.15) is 15.9 Å². The highest BCUT2D eigenvalue weighted by Gasteiger charge is 2.13. The highest BCUT2D eigenvalue weighted by atomic mass is 35.5. The SMILES string of the molecule is COc1ccc(NC(=O)c2ccc(OC)c(COc3ccccc3OC)c2)cc1Cl. The lowest BCUT2D eigenvalue weighted by atomic mass is 10.1. The van der Waals surface area contributed by atoms with Gasteiger partial charge in [-0.2, -0.15) is 0 Å². The molecule has 7 heteroatoms. The molecule has 156 valence electrons. The minimum Gasteiger partial charge on any atom is -0.496 e. The summed E-state index contributed by atoms with van der Waals surface area (Å²) in [6, 6.07) is 17.6. The fourth-order valence-electron chi connectivity index (χ4n) is 2.87. The maximum atomic E-state index is 12.7. The summed E-state index contributed by atoms with van der Waals surface area (Å²) in [4.78, 5) is 12.7. The standard InChI is InChI=1S/C23H22ClNO5/c1-27-19-10-8-15(23(26)25-17-9-11-20(28-2)18(24)13-17)12-16(19)14-30-22-7-5-4-6-21(22)29-3/h4-13H,14H2,1-3H3,(H,25,26). The number of benzene rings is 3. The van der Waals surface area contributed by atoms with Crippen LogP contribution in [0.15, 0.2) is 60.7 Å². The van der Waals surface area contributed by atoms with Crippen molar-refractivity contribution >= 4 is 23.2 Å². The maximum Gasteiger partial charge on any atom is 0.255 e. The number of halogens is 1. The third-order valence-corrected chi connectivity index (χ3v) is 4.70. The third-order valence-electron chi connectivity index (χ3n) is 4.40. The summed E-state index contributed by atoms with van der Waals surface area (Å²) in [5.74, 6) is 2.10. The van der Waals surface area contributed by atoms with E-state index in [1.807, 2.05) is 24.3 Å². The van der Waals surface area contributed by atoms with E-state index < -0.39 is 0 Å². The molecule has 1 N–H and O–H groups in total. The first-order valence-corrected chi connectivity index (χ1v) is 9.51. The second-order valence-electron chi connectivity index (χ2n) is 6.27. The van der Waals surface area contributed by atoms with E-state index in [0.29, 0.717) is 39.3 Å². The topological polar surface area (TPSA) is 66.0 Å². The maximum absolute atomic E-state index is 12.7. The van der Waals surface area contributed by atoms with E-state index >= 15 is 0 Å². The van der Waals surface area contributed by atoms with Gasteiger partial charge in [0.25, 0.3) is 5.91 Å². The van der Waals surface area contributed by atoms with Gasteiger partial charge >= 0.3 is 0 Å². The number of methoxy groups -OCH3 is 3. The van der Waals surface area contributed by atoms with Crippen molar-refractivity contribution in [2.75, 3.05) is 26.6 Å². The molecule has 0 spiro atoms. The van der Waals surface area contributed by atoms with Gasteiger partial charge in [0.15, 0.2) is 11.5 Å². The molecule has 0 fully saturated rings. The van der Waals surface area contributed by atoms with Crippen LogP contribution in [0.5, 0.6) is 23.0 Å². The summed E-state index contributed by atoms with van der Waals surface area (Å²) in [7, 11) is 4.69. The second-order valence-corrected chi connectivity index (χ2v) is 6.68. The summed E-state index contributed by atoms with van der Waals surface area (Å²) < 4.78 is 21.7. The van der Waals surface area contributed by atoms with E-state index in [1.54, 1.807) is 50.6 Å². The molecule has 3 aromatic rings. The lowest BCUT2D eigenvalue weighted by molar-refractivity contribution is 0.102. The molecule has 30 heavy (non-hydrogen) atoms. The average molecular weight is 428 g/mol. The normalized spacial score (nSPS) is 10.3. The van der Waals surface area contributed by atoms with Gasteiger partial charge in [-0.15, -0.1) is 0 Å². The summed E-state index contributed by atoms with van der Waals surface area (Å²) in [6.45, 7) is 0.207. The molecular weight excluding hydrogens is 406 g/mol. The van der Waals surface area contributed by atoms with Crippen molar-refractivity contribution < 1.29 is 23.7 Å². The molecule has 0 aliphatic carbocycles. The Morgan fingerprint density at radius 3 is 2.17 bits per heavy atom. The quantitative estimate of drug-likeness (QED) is 0.535. The van der Waals surface area contributed by atoms with E-state index in [9.17, 15) is 4.79 Å². The zero-order chi connectivity index (χ0) is 21.5. The first kappa shape index (κ1) is 21.3. The van der Waals surface area contributed by atoms with Crippen molar-refractivity contribution in [2.24, 2.45) is 0 Å². The number of carbonyl (C=O) groups is 1. The molecule has 0 atom stereocenters. The predicted octanol–water partition coefficient (Wildman–Crippen LogP) is 5.20. The number of hydrogen-bond acceptors (Lipinski definition) is 5. The minimum atomic E-state index is -0.280. The molecule has 0 aliphatic heterocycles. The molecule has 3 rings (SSSR count). The lowest BCUT2D eigenvalue weighted by Gasteiger charge is -2.14. The van der Waals surface area contributed by atoms with Crippen LogP contribution < -0.4 is 24.3 Å². The number of ether oxygens (including phenoxy) is 4. The number of carbonyl (C=O) groups excluding carboxylic acids is 1. The summed E-state index contributed by atoms with van der Waals surface area (Å²) in [6.07, 6.45) is 0. The Morgan fingerprint density at radius 1 is 0.833 bits per heavy atom. The van der Waals surface area contributed by atoms with Gasteiger partial charge < -0.3 is 24.3 Å². The van der Waals surface area contributed by atoms with Crippen LogP contribution in [0.25, 0.3) is 0 Å². The molecular formula is C23H22ClNO5. The fourth-order valence-corrected chi connectivity index (χ4v) is 3.13. The van der Waals surface area contributed by atoms with Gasteiger partial charge in [0.05, 0.1) is 26.4 Å². The Bertz CT molecular complexity index is 1040. The summed E-state index contributed by atoms with van der Waals surface area (Å²) in [5, 5.41) is 3.24. The van der Waals surface area contributed by atoms with Gasteiger partial charge in [-0.1, -0.05) is 23.7 Å². The molecule has 0 saturated heterocycles. The Labute approximate surface area is 180 Å². The summed E-state index contributed by atoms with van der Waals surface area (Å²) in [5.41, 5.74) is 1.75. The van der Waals surface area contributed by atoms with Crippen molar-refractivity contribution in [2.45, 2.75) is 6.61 Å². The van der Waals surface area contributed by atoms with Crippen LogP contribution in [-0.2, 0) is 6.61 Å². The van der Waals surface area contributed by atoms with Crippen LogP contribution in [-0.4, -0.2) is 27.2 Å². The number of rotatable bonds is 8. The molecule has 1 amide bonds. The first-order valence-electron chi connectivity index (χ1n) is 9.13. The van der Waals surface area contributed by atoms with Gasteiger partial charge in [-0.25, -0.2) is 0 Å². The number of hydrogen-bond donors (Lipinski definition) is 1. The number of anilines is 1. The Kier molecular flexibility index (Phi) is 7.03. The van der Waals surface area contributed by atoms with Crippen molar-refractivity contribution in [1.29, 1.82) is 0 Å². The van der Waals surface area contributed by atoms with Crippen LogP contribution in [0.3, 0.4) is 0 Å². The van der Waals surface area contributed by atoms with E-state index in [0.717, 1.165) is 5.56 Å². The zero-order valence-corrected chi connectivity index (χ0v) is 17.7. The molecule has 0 radical (unpaired) electrons. The highest BCUT2D eigenvalue weighted by Crippen LogP contribution is 2.30. The van der Waals surface area contributed by atoms with Gasteiger partial charge in [-0.3, -0.25) is 4.79 Å². The summed E-state index contributed by atoms with van der Waals surface area (Å²) >= 11 is 6.13. The Morgan fingerprint density at radius 2 is 1.50 bits per heavy atom. The number of amides is 1. The number of nitrogens with one attached hydrogen (secondary N) is 1. The van der Waals surface area contributed by atoms with Crippen LogP contribution in [0.4, 0.5) is 5.69 Å². The Balaban J connectivity index is 1.77. The van der Waals surface area contributed by atoms with Crippen molar-refractivity contribution in [3.05, 3.63) is 76.8 Å². The number of para-hydroxylation sites is 2. The molecule has 0 aromatic heterocycles. The minimum absolute atomic E-state index is 0.207. The molecule has 0 saturated carbocycles. The van der Waals surface area contributed by atoms with Gasteiger partial charge in [-0.05, 0) is 48.5 Å². The van der Waals surface area contributed by atoms with E-state index in [-0.39, 0.29) is 12.5 Å². The van der Waals surface area contributed by atoms with Crippen LogP contribution >= 0.6 is 11.6 Å². The van der Waals surface area contributed by atoms with Crippen molar-refractivity contribution in [3.63, 3.8) is 0 Å². The zero-order valence-electron chi connectivity index (χ0n) is 16.9. The lowest BCUT2D eigenvalue weighted by Crippen LogP contribution is -2.13. The van der Waals surface area contributed by atoms with Gasteiger partial charge in [0.2, 0.25) is 0 Å². The van der Waals surface area contributed by atoms with Gasteiger partial charge in [0, 0.05) is 16.8 Å². The molecule has 0 bridgehead atoms. The molecule has 0 unspecified atom stereocenters. The monoisotopic (exact) mass is 427 g/mol. The van der Waals surface area contributed by atoms with E-state index in [1.165, 1.54) is 7.11 Å². The molecule has 0 aliphatic rings. The highest BCUT2D eigenvalue weighted by molar-refractivity contribution is 6.32.